The van der Waals surface area contributed by atoms with Crippen molar-refractivity contribution in [2.75, 3.05) is 41.3 Å². The summed E-state index contributed by atoms with van der Waals surface area (Å²) >= 11 is 0. The summed E-state index contributed by atoms with van der Waals surface area (Å²) in [5, 5.41) is 1.66. The number of hydrogen-bond acceptors (Lipinski definition) is 2. The number of allylic oxidation sites excluding steroid dienone is 2. The van der Waals surface area contributed by atoms with E-state index >= 15 is 0 Å². The van der Waals surface area contributed by atoms with Gasteiger partial charge in [-0.15, -0.1) is 0 Å². The monoisotopic (exact) mass is 252 g/mol. The Morgan fingerprint density at radius 2 is 1.65 bits per heavy atom. The quantitative estimate of drug-likeness (QED) is 0.694. The van der Waals surface area contributed by atoms with E-state index in [0.29, 0.717) is 5.92 Å². The van der Waals surface area contributed by atoms with Gasteiger partial charge in [-0.1, -0.05) is 37.0 Å². The molecule has 3 heteroatoms. The standard InChI is InChI=1S/C14H28N2Si/c1-15(2)10-12-8-9-14(17(5,6)7)13(12)11-16(3)4/h8-9,12H,10-11H2,1-7H3. The molecule has 0 N–H and O–H groups in total. The van der Waals surface area contributed by atoms with E-state index in [-0.39, 0.29) is 0 Å². The molecule has 1 unspecified atom stereocenters. The van der Waals surface area contributed by atoms with E-state index in [1.54, 1.807) is 10.8 Å². The molecule has 1 aliphatic carbocycles. The van der Waals surface area contributed by atoms with Crippen molar-refractivity contribution in [3.8, 4) is 0 Å². The topological polar surface area (TPSA) is 6.48 Å². The zero-order valence-corrected chi connectivity index (χ0v) is 13.5. The van der Waals surface area contributed by atoms with E-state index in [0.717, 1.165) is 13.1 Å². The van der Waals surface area contributed by atoms with E-state index in [2.05, 4.69) is 69.8 Å². The molecule has 0 aromatic carbocycles. The molecule has 1 atom stereocenters. The lowest BCUT2D eigenvalue weighted by molar-refractivity contribution is 0.361. The van der Waals surface area contributed by atoms with Crippen LogP contribution in [0.4, 0.5) is 0 Å². The molecule has 0 heterocycles. The van der Waals surface area contributed by atoms with Crippen LogP contribution in [-0.2, 0) is 0 Å². The number of hydrogen-bond donors (Lipinski definition) is 0. The van der Waals surface area contributed by atoms with Crippen molar-refractivity contribution in [2.45, 2.75) is 19.6 Å². The van der Waals surface area contributed by atoms with Crippen molar-refractivity contribution in [2.24, 2.45) is 5.92 Å². The molecule has 0 aromatic rings. The van der Waals surface area contributed by atoms with Crippen molar-refractivity contribution in [1.29, 1.82) is 0 Å². The van der Waals surface area contributed by atoms with E-state index in [1.807, 2.05) is 0 Å². The number of rotatable bonds is 5. The van der Waals surface area contributed by atoms with Crippen LogP contribution in [0.3, 0.4) is 0 Å². The summed E-state index contributed by atoms with van der Waals surface area (Å²) in [6.07, 6.45) is 4.81. The Hall–Kier alpha value is -0.383. The van der Waals surface area contributed by atoms with Crippen LogP contribution in [0.2, 0.25) is 19.6 Å². The SMILES string of the molecule is CN(C)CC1=C([Si](C)(C)C)C=CC1CN(C)C. The van der Waals surface area contributed by atoms with Gasteiger partial charge in [-0.2, -0.15) is 0 Å². The average molecular weight is 252 g/mol. The molecule has 0 fully saturated rings. The normalized spacial score (nSPS) is 21.1. The van der Waals surface area contributed by atoms with Gasteiger partial charge in [-0.3, -0.25) is 0 Å². The van der Waals surface area contributed by atoms with Gasteiger partial charge < -0.3 is 9.80 Å². The van der Waals surface area contributed by atoms with Crippen molar-refractivity contribution >= 4 is 8.07 Å². The highest BCUT2D eigenvalue weighted by Crippen LogP contribution is 2.32. The van der Waals surface area contributed by atoms with Crippen LogP contribution in [0, 0.1) is 5.92 Å². The molecular weight excluding hydrogens is 224 g/mol. The molecule has 2 nitrogen and oxygen atoms in total. The van der Waals surface area contributed by atoms with Crippen LogP contribution in [0.15, 0.2) is 22.9 Å². The third-order valence-corrected chi connectivity index (χ3v) is 5.25. The Morgan fingerprint density at radius 1 is 1.06 bits per heavy atom. The number of likely N-dealkylation sites (N-methyl/N-ethyl adjacent to an activating group) is 1. The minimum absolute atomic E-state index is 0.620. The predicted molar refractivity (Wildman–Crippen MR) is 80.1 cm³/mol. The van der Waals surface area contributed by atoms with Crippen LogP contribution < -0.4 is 0 Å². The van der Waals surface area contributed by atoms with E-state index in [9.17, 15) is 0 Å². The molecule has 0 radical (unpaired) electrons. The second-order valence-electron chi connectivity index (χ2n) is 6.65. The van der Waals surface area contributed by atoms with E-state index in [1.165, 1.54) is 0 Å². The fourth-order valence-corrected chi connectivity index (χ4v) is 4.30. The lowest BCUT2D eigenvalue weighted by Crippen LogP contribution is -2.30. The molecule has 0 saturated heterocycles. The molecule has 0 aliphatic heterocycles. The first kappa shape index (κ1) is 14.7. The highest BCUT2D eigenvalue weighted by Gasteiger charge is 2.29. The Balaban J connectivity index is 2.97. The first-order valence-electron chi connectivity index (χ1n) is 6.43. The molecule has 0 bridgehead atoms. The van der Waals surface area contributed by atoms with E-state index in [4.69, 9.17) is 0 Å². The van der Waals surface area contributed by atoms with Gasteiger partial charge in [0.15, 0.2) is 0 Å². The van der Waals surface area contributed by atoms with Gasteiger partial charge in [0.05, 0.1) is 8.07 Å². The minimum Gasteiger partial charge on any atom is -0.308 e. The number of nitrogens with zero attached hydrogens (tertiary/aromatic N) is 2. The molecule has 1 rings (SSSR count). The van der Waals surface area contributed by atoms with Crippen molar-refractivity contribution in [3.63, 3.8) is 0 Å². The van der Waals surface area contributed by atoms with Gasteiger partial charge in [-0.25, -0.2) is 0 Å². The maximum atomic E-state index is 2.44. The van der Waals surface area contributed by atoms with Gasteiger partial charge in [0.2, 0.25) is 0 Å². The largest absolute Gasteiger partial charge is 0.308 e. The molecule has 98 valence electrons. The summed E-state index contributed by atoms with van der Waals surface area (Å²) in [4.78, 5) is 4.59. The molecule has 0 saturated carbocycles. The molecular formula is C14H28N2Si. The molecule has 17 heavy (non-hydrogen) atoms. The van der Waals surface area contributed by atoms with Crippen molar-refractivity contribution in [1.82, 2.24) is 9.80 Å². The molecule has 0 spiro atoms. The lowest BCUT2D eigenvalue weighted by Gasteiger charge is -2.26. The van der Waals surface area contributed by atoms with Gasteiger partial charge in [0.1, 0.15) is 0 Å². The summed E-state index contributed by atoms with van der Waals surface area (Å²) in [6.45, 7) is 9.57. The smallest absolute Gasteiger partial charge is 0.0776 e. The van der Waals surface area contributed by atoms with Crippen LogP contribution >= 0.6 is 0 Å². The molecule has 1 aliphatic rings. The first-order valence-corrected chi connectivity index (χ1v) is 9.93. The summed E-state index contributed by atoms with van der Waals surface area (Å²) < 4.78 is 0. The third kappa shape index (κ3) is 4.09. The fourth-order valence-electron chi connectivity index (χ4n) is 2.47. The van der Waals surface area contributed by atoms with E-state index < -0.39 is 8.07 Å². The highest BCUT2D eigenvalue weighted by molar-refractivity contribution is 6.84. The zero-order valence-electron chi connectivity index (χ0n) is 12.5. The third-order valence-electron chi connectivity index (χ3n) is 3.15. The maximum Gasteiger partial charge on any atom is 0.0776 e. The minimum atomic E-state index is -1.20. The van der Waals surface area contributed by atoms with Crippen molar-refractivity contribution in [3.05, 3.63) is 22.9 Å². The maximum absolute atomic E-state index is 2.44. The van der Waals surface area contributed by atoms with Crippen molar-refractivity contribution < 1.29 is 0 Å². The predicted octanol–water partition coefficient (Wildman–Crippen LogP) is 2.47. The highest BCUT2D eigenvalue weighted by atomic mass is 28.3. The van der Waals surface area contributed by atoms with Crippen LogP contribution in [0.5, 0.6) is 0 Å². The van der Waals surface area contributed by atoms with Gasteiger partial charge >= 0.3 is 0 Å². The fraction of sp³-hybridized carbons (Fsp3) is 0.714. The Labute approximate surface area is 108 Å². The van der Waals surface area contributed by atoms with Crippen LogP contribution in [0.1, 0.15) is 0 Å². The van der Waals surface area contributed by atoms with Gasteiger partial charge in [-0.05, 0) is 33.8 Å². The van der Waals surface area contributed by atoms with Gasteiger partial charge in [0.25, 0.3) is 0 Å². The first-order chi connectivity index (χ1) is 7.71. The Morgan fingerprint density at radius 3 is 2.06 bits per heavy atom. The zero-order chi connectivity index (χ0) is 13.2. The summed E-state index contributed by atoms with van der Waals surface area (Å²) in [5.74, 6) is 0.620. The lowest BCUT2D eigenvalue weighted by atomic mass is 10.0. The molecule has 0 aromatic heterocycles. The average Bonchev–Trinajstić information content (AvgIpc) is 2.45. The second-order valence-corrected chi connectivity index (χ2v) is 11.7. The summed E-state index contributed by atoms with van der Waals surface area (Å²) in [6, 6.07) is 0. The Kier molecular flexibility index (Phi) is 4.75. The van der Waals surface area contributed by atoms with Gasteiger partial charge in [0, 0.05) is 19.0 Å². The summed E-state index contributed by atoms with van der Waals surface area (Å²) in [7, 11) is 7.45. The summed E-state index contributed by atoms with van der Waals surface area (Å²) in [5.41, 5.74) is 1.66. The van der Waals surface area contributed by atoms with Crippen LogP contribution in [0.25, 0.3) is 0 Å². The molecule has 0 amide bonds. The second kappa shape index (κ2) is 5.51. The Bertz CT molecular complexity index is 322. The van der Waals surface area contributed by atoms with Crippen LogP contribution in [-0.4, -0.2) is 59.2 Å².